The zero-order valence-corrected chi connectivity index (χ0v) is 17.8. The fraction of sp³-hybridized carbons (Fsp3) is 0.368. The van der Waals surface area contributed by atoms with Gasteiger partial charge in [-0.2, -0.15) is 8.42 Å². The lowest BCUT2D eigenvalue weighted by atomic mass is 10.1. The topological polar surface area (TPSA) is 142 Å². The molecule has 10 nitrogen and oxygen atoms in total. The van der Waals surface area contributed by atoms with Gasteiger partial charge in [0.1, 0.15) is 5.82 Å². The standard InChI is InChI=1S/C19H21F2N5O5S/c1-12-3-4-14(16(23-12)26-9-2-6-19(20,21)7-10-26)17(27)24-13-5-8-22-15(11-13)32(30,31)25-18(28)29/h3-5,8,11,25H,2,6-7,9-10H2,1H3,(H,28,29)(H,22,24,27). The summed E-state index contributed by atoms with van der Waals surface area (Å²) in [5.41, 5.74) is 0.778. The number of rotatable bonds is 5. The number of carbonyl (C=O) groups excluding carboxylic acids is 1. The van der Waals surface area contributed by atoms with Crippen LogP contribution in [-0.4, -0.2) is 54.5 Å². The van der Waals surface area contributed by atoms with Crippen molar-refractivity contribution in [2.24, 2.45) is 0 Å². The number of nitrogens with zero attached hydrogens (tertiary/aromatic N) is 3. The molecule has 1 aliphatic heterocycles. The second-order valence-electron chi connectivity index (χ2n) is 7.27. The van der Waals surface area contributed by atoms with Gasteiger partial charge in [-0.3, -0.25) is 4.79 Å². The maximum atomic E-state index is 13.8. The molecule has 0 unspecified atom stereocenters. The number of alkyl halides is 2. The van der Waals surface area contributed by atoms with E-state index in [1.165, 1.54) is 16.9 Å². The molecule has 1 fully saturated rings. The Morgan fingerprint density at radius 2 is 1.94 bits per heavy atom. The predicted octanol–water partition coefficient (Wildman–Crippen LogP) is 2.62. The highest BCUT2D eigenvalue weighted by Crippen LogP contribution is 2.31. The van der Waals surface area contributed by atoms with Crippen LogP contribution in [0, 0.1) is 6.92 Å². The summed E-state index contributed by atoms with van der Waals surface area (Å²) in [5.74, 6) is -3.15. The first kappa shape index (κ1) is 23.3. The fourth-order valence-corrected chi connectivity index (χ4v) is 4.05. The van der Waals surface area contributed by atoms with Gasteiger partial charge in [0, 0.05) is 49.6 Å². The lowest BCUT2D eigenvalue weighted by Gasteiger charge is -2.24. The highest BCUT2D eigenvalue weighted by atomic mass is 32.2. The molecule has 0 bridgehead atoms. The molecule has 3 rings (SSSR count). The molecule has 172 valence electrons. The number of aromatic nitrogens is 2. The van der Waals surface area contributed by atoms with E-state index in [0.29, 0.717) is 12.2 Å². The average molecular weight is 469 g/mol. The van der Waals surface area contributed by atoms with Gasteiger partial charge in [-0.15, -0.1) is 0 Å². The first-order valence-electron chi connectivity index (χ1n) is 9.60. The molecular weight excluding hydrogens is 448 g/mol. The molecular formula is C19H21F2N5O5S. The van der Waals surface area contributed by atoms with Crippen LogP contribution < -0.4 is 14.9 Å². The Morgan fingerprint density at radius 3 is 2.66 bits per heavy atom. The Labute approximate surface area is 182 Å². The van der Waals surface area contributed by atoms with Crippen LogP contribution in [0.25, 0.3) is 0 Å². The van der Waals surface area contributed by atoms with Crippen molar-refractivity contribution in [2.45, 2.75) is 37.1 Å². The zero-order valence-electron chi connectivity index (χ0n) is 17.0. The minimum atomic E-state index is -4.43. The van der Waals surface area contributed by atoms with Crippen molar-refractivity contribution in [1.29, 1.82) is 0 Å². The highest BCUT2D eigenvalue weighted by molar-refractivity contribution is 7.90. The number of carbonyl (C=O) groups is 2. The molecule has 0 saturated carbocycles. The number of sulfonamides is 1. The maximum absolute atomic E-state index is 13.8. The first-order chi connectivity index (χ1) is 15.0. The van der Waals surface area contributed by atoms with E-state index in [4.69, 9.17) is 5.11 Å². The number of nitrogens with one attached hydrogen (secondary N) is 2. The van der Waals surface area contributed by atoms with Crippen LogP contribution in [0.4, 0.5) is 25.1 Å². The lowest BCUT2D eigenvalue weighted by molar-refractivity contribution is -0.0102. The number of halogens is 2. The molecule has 13 heteroatoms. The lowest BCUT2D eigenvalue weighted by Crippen LogP contribution is -2.30. The SMILES string of the molecule is Cc1ccc(C(=O)Nc2ccnc(S(=O)(=O)NC(=O)O)c2)c(N2CCCC(F)(F)CC2)n1. The Bertz CT molecular complexity index is 1140. The normalized spacial score (nSPS) is 16.2. The number of aryl methyl sites for hydroxylation is 1. The summed E-state index contributed by atoms with van der Waals surface area (Å²) in [6, 6.07) is 5.44. The Hall–Kier alpha value is -3.35. The van der Waals surface area contributed by atoms with Crippen molar-refractivity contribution in [1.82, 2.24) is 14.7 Å². The maximum Gasteiger partial charge on any atom is 0.418 e. The molecule has 0 spiro atoms. The molecule has 3 heterocycles. The van der Waals surface area contributed by atoms with Gasteiger partial charge in [0.05, 0.1) is 5.56 Å². The number of hydrogen-bond donors (Lipinski definition) is 3. The molecule has 1 saturated heterocycles. The second kappa shape index (κ2) is 9.02. The van der Waals surface area contributed by atoms with Crippen LogP contribution in [0.5, 0.6) is 0 Å². The number of amides is 2. The van der Waals surface area contributed by atoms with Crippen molar-refractivity contribution in [3.63, 3.8) is 0 Å². The van der Waals surface area contributed by atoms with E-state index in [2.05, 4.69) is 15.3 Å². The second-order valence-corrected chi connectivity index (χ2v) is 8.90. The van der Waals surface area contributed by atoms with E-state index in [-0.39, 0.29) is 42.9 Å². The Balaban J connectivity index is 1.86. The third-order valence-electron chi connectivity index (χ3n) is 4.77. The molecule has 1 aliphatic rings. The van der Waals surface area contributed by atoms with Crippen LogP contribution in [0.15, 0.2) is 35.5 Å². The van der Waals surface area contributed by atoms with Gasteiger partial charge in [-0.25, -0.2) is 28.3 Å². The van der Waals surface area contributed by atoms with Crippen LogP contribution in [0.3, 0.4) is 0 Å². The largest absolute Gasteiger partial charge is 0.464 e. The molecule has 0 aromatic carbocycles. The van der Waals surface area contributed by atoms with Gasteiger partial charge in [-0.1, -0.05) is 0 Å². The molecule has 0 atom stereocenters. The summed E-state index contributed by atoms with van der Waals surface area (Å²) in [5, 5.41) is 10.6. The summed E-state index contributed by atoms with van der Waals surface area (Å²) >= 11 is 0. The van der Waals surface area contributed by atoms with Crippen molar-refractivity contribution < 1.29 is 31.9 Å². The highest BCUT2D eigenvalue weighted by Gasteiger charge is 2.33. The third kappa shape index (κ3) is 5.66. The molecule has 2 aromatic rings. The van der Waals surface area contributed by atoms with E-state index in [0.717, 1.165) is 12.3 Å². The average Bonchev–Trinajstić information content (AvgIpc) is 2.87. The summed E-state index contributed by atoms with van der Waals surface area (Å²) < 4.78 is 52.9. The molecule has 2 amide bonds. The van der Waals surface area contributed by atoms with Crippen LogP contribution in [-0.2, 0) is 10.0 Å². The van der Waals surface area contributed by atoms with Crippen molar-refractivity contribution in [3.05, 3.63) is 41.7 Å². The summed E-state index contributed by atoms with van der Waals surface area (Å²) in [6.07, 6.45) is -1.04. The zero-order chi connectivity index (χ0) is 23.5. The molecule has 0 radical (unpaired) electrons. The Kier molecular flexibility index (Phi) is 6.57. The summed E-state index contributed by atoms with van der Waals surface area (Å²) in [4.78, 5) is 33.2. The molecule has 0 aliphatic carbocycles. The van der Waals surface area contributed by atoms with Crippen LogP contribution >= 0.6 is 0 Å². The van der Waals surface area contributed by atoms with E-state index in [9.17, 15) is 26.8 Å². The van der Waals surface area contributed by atoms with E-state index in [1.807, 2.05) is 0 Å². The van der Waals surface area contributed by atoms with E-state index < -0.39 is 33.0 Å². The monoisotopic (exact) mass is 469 g/mol. The summed E-state index contributed by atoms with van der Waals surface area (Å²) in [6.45, 7) is 2.06. The predicted molar refractivity (Wildman–Crippen MR) is 111 cm³/mol. The first-order valence-corrected chi connectivity index (χ1v) is 11.1. The smallest absolute Gasteiger partial charge is 0.418 e. The molecule has 2 aromatic heterocycles. The van der Waals surface area contributed by atoms with Crippen LogP contribution in [0.1, 0.15) is 35.3 Å². The minimum absolute atomic E-state index is 0.0300. The van der Waals surface area contributed by atoms with Crippen molar-refractivity contribution in [3.8, 4) is 0 Å². The molecule has 3 N–H and O–H groups in total. The Morgan fingerprint density at radius 1 is 1.19 bits per heavy atom. The number of hydrogen-bond acceptors (Lipinski definition) is 7. The number of pyridine rings is 2. The number of carboxylic acid groups (broad SMARTS) is 1. The van der Waals surface area contributed by atoms with Gasteiger partial charge < -0.3 is 15.3 Å². The summed E-state index contributed by atoms with van der Waals surface area (Å²) in [7, 11) is -4.43. The third-order valence-corrected chi connectivity index (χ3v) is 5.98. The van der Waals surface area contributed by atoms with Gasteiger partial charge >= 0.3 is 6.09 Å². The van der Waals surface area contributed by atoms with Gasteiger partial charge in [0.25, 0.3) is 15.9 Å². The van der Waals surface area contributed by atoms with Crippen molar-refractivity contribution >= 4 is 33.5 Å². The van der Waals surface area contributed by atoms with Crippen LogP contribution in [0.2, 0.25) is 0 Å². The van der Waals surface area contributed by atoms with E-state index >= 15 is 0 Å². The van der Waals surface area contributed by atoms with Gasteiger partial charge in [0.15, 0.2) is 5.03 Å². The minimum Gasteiger partial charge on any atom is -0.464 e. The quantitative estimate of drug-likeness (QED) is 0.607. The van der Waals surface area contributed by atoms with E-state index in [1.54, 1.807) is 17.9 Å². The van der Waals surface area contributed by atoms with Gasteiger partial charge in [-0.05, 0) is 31.5 Å². The van der Waals surface area contributed by atoms with Crippen molar-refractivity contribution in [2.75, 3.05) is 23.3 Å². The fourth-order valence-electron chi connectivity index (χ4n) is 3.24. The van der Waals surface area contributed by atoms with Gasteiger partial charge in [0.2, 0.25) is 5.92 Å². The number of anilines is 2. The molecule has 32 heavy (non-hydrogen) atoms.